The van der Waals surface area contributed by atoms with Crippen molar-refractivity contribution >= 4 is 23.7 Å². The lowest BCUT2D eigenvalue weighted by atomic mass is 9.88. The molecule has 3 amide bonds. The van der Waals surface area contributed by atoms with E-state index >= 15 is 0 Å². The highest BCUT2D eigenvalue weighted by atomic mass is 16.5. The van der Waals surface area contributed by atoms with Crippen LogP contribution in [0.2, 0.25) is 0 Å². The molecule has 1 saturated heterocycles. The maximum absolute atomic E-state index is 13.7. The molecule has 7 atom stereocenters. The predicted octanol–water partition coefficient (Wildman–Crippen LogP) is 0.871. The number of nitrogens with one attached hydrogen (secondary N) is 3. The summed E-state index contributed by atoms with van der Waals surface area (Å²) in [5, 5.41) is 29.5. The van der Waals surface area contributed by atoms with Gasteiger partial charge in [0, 0.05) is 18.6 Å². The second-order valence-corrected chi connectivity index (χ2v) is 10.0. The van der Waals surface area contributed by atoms with Crippen LogP contribution in [0.4, 0.5) is 0 Å². The summed E-state index contributed by atoms with van der Waals surface area (Å²) in [5.41, 5.74) is 0.382. The molecule has 0 aromatic carbocycles. The molecule has 2 aromatic rings. The van der Waals surface area contributed by atoms with Crippen molar-refractivity contribution < 1.29 is 34.1 Å². The first kappa shape index (κ1) is 30.5. The number of rotatable bonds is 7. The molecule has 3 rings (SSSR count). The highest BCUT2D eigenvalue weighted by Gasteiger charge is 2.40. The van der Waals surface area contributed by atoms with Gasteiger partial charge in [-0.25, -0.2) is 9.78 Å². The number of aromatic nitrogens is 2. The molecule has 0 bridgehead atoms. The number of ether oxygens (including phenoxy) is 1. The molecular formula is C28H37N5O7. The average Bonchev–Trinajstić information content (AvgIpc) is 2.94. The smallest absolute Gasteiger partial charge is 0.329 e. The summed E-state index contributed by atoms with van der Waals surface area (Å²) in [4.78, 5) is 61.2. The number of esters is 1. The highest BCUT2D eigenvalue weighted by molar-refractivity contribution is 5.98. The van der Waals surface area contributed by atoms with Crippen LogP contribution in [-0.4, -0.2) is 74.2 Å². The van der Waals surface area contributed by atoms with Gasteiger partial charge in [-0.05, 0) is 49.4 Å². The van der Waals surface area contributed by atoms with E-state index in [2.05, 4.69) is 25.9 Å². The monoisotopic (exact) mass is 555 g/mol. The average molecular weight is 556 g/mol. The van der Waals surface area contributed by atoms with E-state index in [0.717, 1.165) is 0 Å². The lowest BCUT2D eigenvalue weighted by molar-refractivity contribution is -0.158. The van der Waals surface area contributed by atoms with Gasteiger partial charge in [0.05, 0.1) is 18.1 Å². The second-order valence-electron chi connectivity index (χ2n) is 10.0. The lowest BCUT2D eigenvalue weighted by Crippen LogP contribution is -2.61. The van der Waals surface area contributed by atoms with Gasteiger partial charge in [0.25, 0.3) is 5.91 Å². The van der Waals surface area contributed by atoms with Gasteiger partial charge in [0.1, 0.15) is 23.9 Å². The van der Waals surface area contributed by atoms with Crippen LogP contribution in [0.5, 0.6) is 5.75 Å². The predicted molar refractivity (Wildman–Crippen MR) is 144 cm³/mol. The maximum Gasteiger partial charge on any atom is 0.329 e. The summed E-state index contributed by atoms with van der Waals surface area (Å²) in [5.74, 6) is -4.61. The van der Waals surface area contributed by atoms with Crippen LogP contribution in [0.25, 0.3) is 0 Å². The van der Waals surface area contributed by atoms with Crippen LogP contribution < -0.4 is 16.0 Å². The Morgan fingerprint density at radius 2 is 1.85 bits per heavy atom. The Bertz CT molecular complexity index is 1190. The zero-order valence-electron chi connectivity index (χ0n) is 23.0. The molecule has 1 aliphatic rings. The molecule has 1 aliphatic heterocycles. The van der Waals surface area contributed by atoms with Gasteiger partial charge in [0.2, 0.25) is 11.8 Å². The van der Waals surface area contributed by atoms with E-state index in [9.17, 15) is 29.4 Å². The molecule has 0 aliphatic carbocycles. The fraction of sp³-hybridized carbons (Fsp3) is 0.500. The summed E-state index contributed by atoms with van der Waals surface area (Å²) in [7, 11) is 0. The Hall–Kier alpha value is -4.06. The van der Waals surface area contributed by atoms with E-state index in [1.165, 1.54) is 25.3 Å². The quantitative estimate of drug-likeness (QED) is 0.310. The Morgan fingerprint density at radius 1 is 1.12 bits per heavy atom. The Balaban J connectivity index is 2.03. The van der Waals surface area contributed by atoms with Crippen molar-refractivity contribution in [3.05, 3.63) is 54.1 Å². The molecule has 216 valence electrons. The first-order valence-electron chi connectivity index (χ1n) is 13.4. The van der Waals surface area contributed by atoms with Crippen molar-refractivity contribution in [3.63, 3.8) is 0 Å². The van der Waals surface area contributed by atoms with Crippen molar-refractivity contribution in [1.82, 2.24) is 25.9 Å². The first-order chi connectivity index (χ1) is 19.1. The number of hydrogen-bond acceptors (Lipinski definition) is 9. The van der Waals surface area contributed by atoms with Crippen molar-refractivity contribution in [1.29, 1.82) is 0 Å². The topological polar surface area (TPSA) is 180 Å². The van der Waals surface area contributed by atoms with E-state index in [-0.39, 0.29) is 24.5 Å². The minimum Gasteiger partial charge on any atom is -0.505 e. The molecule has 2 aromatic heterocycles. The minimum atomic E-state index is -1.42. The van der Waals surface area contributed by atoms with Crippen LogP contribution in [-0.2, 0) is 25.5 Å². The van der Waals surface area contributed by atoms with Crippen molar-refractivity contribution in [2.75, 3.05) is 0 Å². The molecule has 40 heavy (non-hydrogen) atoms. The van der Waals surface area contributed by atoms with Gasteiger partial charge in [0.15, 0.2) is 5.69 Å². The summed E-state index contributed by atoms with van der Waals surface area (Å²) in [6, 6.07) is 2.78. The molecule has 5 N–H and O–H groups in total. The number of aromatic hydroxyl groups is 1. The number of aliphatic hydroxyl groups excluding tert-OH is 1. The summed E-state index contributed by atoms with van der Waals surface area (Å²) in [6.07, 6.45) is 2.85. The number of pyridine rings is 2. The number of amides is 3. The van der Waals surface area contributed by atoms with Gasteiger partial charge in [-0.2, -0.15) is 0 Å². The van der Waals surface area contributed by atoms with E-state index < -0.39 is 65.7 Å². The van der Waals surface area contributed by atoms with Gasteiger partial charge in [-0.3, -0.25) is 19.4 Å². The molecule has 12 heteroatoms. The molecule has 12 nitrogen and oxygen atoms in total. The minimum absolute atomic E-state index is 0.134. The van der Waals surface area contributed by atoms with E-state index in [1.807, 2.05) is 6.92 Å². The largest absolute Gasteiger partial charge is 0.505 e. The molecule has 0 spiro atoms. The Kier molecular flexibility index (Phi) is 10.5. The lowest BCUT2D eigenvalue weighted by Gasteiger charge is -2.35. The molecule has 3 heterocycles. The van der Waals surface area contributed by atoms with E-state index in [1.54, 1.807) is 38.4 Å². The van der Waals surface area contributed by atoms with Crippen molar-refractivity contribution in [3.8, 4) is 5.75 Å². The molecule has 0 radical (unpaired) electrons. The van der Waals surface area contributed by atoms with E-state index in [0.29, 0.717) is 12.0 Å². The summed E-state index contributed by atoms with van der Waals surface area (Å²) < 4.78 is 5.62. The standard InChI is InChI=1S/C28H37N5O7/c1-5-15(3)21-28(39)40-16(4)22(33-27(38)23-20(34)10-8-12-30-23)26(37)31-19(13-17-9-7-11-29-14-17)24(35)18(6-2)25(36)32-21/h7-12,14-16,18-19,21-22,24,34-35H,5-6,13H2,1-4H3,(H,31,37)(H,32,36)(H,33,38)/t15?,16-,18-,19+,21?,22+,24+/m1/s1. The SMILES string of the molecule is CCC(C)C1NC(=O)[C@H](CC)[C@H](O)[C@H](Cc2cccnc2)NC(=O)[C@@H](NC(=O)c2ncccc2O)[C@@H](C)OC1=O. The summed E-state index contributed by atoms with van der Waals surface area (Å²) in [6.45, 7) is 6.79. The zero-order valence-corrected chi connectivity index (χ0v) is 23.0. The zero-order chi connectivity index (χ0) is 29.4. The second kappa shape index (κ2) is 13.8. The Labute approximate surface area is 232 Å². The third kappa shape index (κ3) is 7.32. The number of carbonyl (C=O) groups is 4. The first-order valence-corrected chi connectivity index (χ1v) is 13.4. The molecule has 0 saturated carbocycles. The van der Waals surface area contributed by atoms with Gasteiger partial charge in [-0.15, -0.1) is 0 Å². The number of carbonyl (C=O) groups excluding carboxylic acids is 4. The fourth-order valence-electron chi connectivity index (χ4n) is 4.60. The highest BCUT2D eigenvalue weighted by Crippen LogP contribution is 2.21. The van der Waals surface area contributed by atoms with Gasteiger partial charge < -0.3 is 30.9 Å². The van der Waals surface area contributed by atoms with Crippen molar-refractivity contribution in [2.24, 2.45) is 11.8 Å². The third-order valence-electron chi connectivity index (χ3n) is 7.21. The fourth-order valence-corrected chi connectivity index (χ4v) is 4.60. The van der Waals surface area contributed by atoms with Crippen LogP contribution in [0.3, 0.4) is 0 Å². The van der Waals surface area contributed by atoms with E-state index in [4.69, 9.17) is 4.74 Å². The number of hydrogen-bond donors (Lipinski definition) is 5. The maximum atomic E-state index is 13.7. The van der Waals surface area contributed by atoms with Crippen LogP contribution in [0, 0.1) is 11.8 Å². The van der Waals surface area contributed by atoms with Crippen LogP contribution >= 0.6 is 0 Å². The Morgan fingerprint density at radius 3 is 2.48 bits per heavy atom. The molecular weight excluding hydrogens is 518 g/mol. The number of cyclic esters (lactones) is 1. The van der Waals surface area contributed by atoms with Crippen molar-refractivity contribution in [2.45, 2.75) is 77.3 Å². The number of aliphatic hydroxyl groups is 1. The molecule has 2 unspecified atom stereocenters. The third-order valence-corrected chi connectivity index (χ3v) is 7.21. The summed E-state index contributed by atoms with van der Waals surface area (Å²) >= 11 is 0. The van der Waals surface area contributed by atoms with Gasteiger partial charge in [-0.1, -0.05) is 33.3 Å². The molecule has 1 fully saturated rings. The van der Waals surface area contributed by atoms with Crippen LogP contribution in [0.1, 0.15) is 56.6 Å². The van der Waals surface area contributed by atoms with Crippen LogP contribution in [0.15, 0.2) is 42.9 Å². The number of nitrogens with zero attached hydrogens (tertiary/aromatic N) is 2. The normalized spacial score (nSPS) is 26.8. The van der Waals surface area contributed by atoms with Gasteiger partial charge >= 0.3 is 5.97 Å².